The molecule has 0 aliphatic rings. The van der Waals surface area contributed by atoms with Crippen LogP contribution in [0.15, 0.2) is 84.3 Å². The molecule has 0 atom stereocenters. The predicted octanol–water partition coefficient (Wildman–Crippen LogP) is 3.93. The van der Waals surface area contributed by atoms with Gasteiger partial charge in [0.05, 0.1) is 17.4 Å². The van der Waals surface area contributed by atoms with Crippen LogP contribution in [-0.4, -0.2) is 31.4 Å². The van der Waals surface area contributed by atoms with E-state index in [1.54, 1.807) is 36.7 Å². The van der Waals surface area contributed by atoms with Gasteiger partial charge < -0.3 is 5.32 Å². The molecule has 0 radical (unpaired) electrons. The third-order valence-electron chi connectivity index (χ3n) is 4.20. The molecule has 7 nitrogen and oxygen atoms in total. The molecule has 8 heteroatoms. The molecule has 0 spiro atoms. The monoisotopic (exact) mass is 412 g/mol. The number of nitrogens with one attached hydrogen (secondary N) is 1. The fraction of sp³-hybridized carbons (Fsp3) is 0.0455. The highest BCUT2D eigenvalue weighted by Crippen LogP contribution is 2.27. The summed E-state index contributed by atoms with van der Waals surface area (Å²) in [5, 5.41) is 20.9. The molecule has 2 aromatic heterocycles. The SMILES string of the molecule is N#Cc1ccc(NC(=O)CSc2nnc(-c3cccnc3)n2-c2ccccc2)cc1. The first kappa shape index (κ1) is 19.4. The number of pyridine rings is 1. The van der Waals surface area contributed by atoms with Gasteiger partial charge in [-0.1, -0.05) is 30.0 Å². The summed E-state index contributed by atoms with van der Waals surface area (Å²) in [6.07, 6.45) is 3.44. The standard InChI is InChI=1S/C22H16N6OS/c23-13-16-8-10-18(11-9-16)25-20(29)15-30-22-27-26-21(17-5-4-12-24-14-17)28(22)19-6-2-1-3-7-19/h1-12,14H,15H2,(H,25,29). The molecule has 0 bridgehead atoms. The van der Waals surface area contributed by atoms with Crippen LogP contribution in [0.1, 0.15) is 5.56 Å². The van der Waals surface area contributed by atoms with E-state index in [2.05, 4.69) is 26.6 Å². The average molecular weight is 412 g/mol. The molecule has 0 fully saturated rings. The lowest BCUT2D eigenvalue weighted by molar-refractivity contribution is -0.113. The van der Waals surface area contributed by atoms with Crippen molar-refractivity contribution < 1.29 is 4.79 Å². The van der Waals surface area contributed by atoms with Gasteiger partial charge >= 0.3 is 0 Å². The van der Waals surface area contributed by atoms with E-state index in [1.165, 1.54) is 11.8 Å². The number of benzene rings is 2. The first-order valence-electron chi connectivity index (χ1n) is 9.08. The summed E-state index contributed by atoms with van der Waals surface area (Å²) in [6.45, 7) is 0. The van der Waals surface area contributed by atoms with E-state index in [-0.39, 0.29) is 11.7 Å². The molecule has 0 saturated heterocycles. The van der Waals surface area contributed by atoms with E-state index in [1.807, 2.05) is 47.0 Å². The summed E-state index contributed by atoms with van der Waals surface area (Å²) >= 11 is 1.30. The van der Waals surface area contributed by atoms with Crippen molar-refractivity contribution in [2.24, 2.45) is 0 Å². The summed E-state index contributed by atoms with van der Waals surface area (Å²) in [5.74, 6) is 0.650. The lowest BCUT2D eigenvalue weighted by atomic mass is 10.2. The van der Waals surface area contributed by atoms with Gasteiger partial charge in [-0.05, 0) is 48.5 Å². The Balaban J connectivity index is 1.54. The van der Waals surface area contributed by atoms with Gasteiger partial charge in [-0.25, -0.2) is 0 Å². The number of aromatic nitrogens is 4. The van der Waals surface area contributed by atoms with Gasteiger partial charge in [0.1, 0.15) is 0 Å². The maximum atomic E-state index is 12.4. The van der Waals surface area contributed by atoms with Crippen LogP contribution in [0.2, 0.25) is 0 Å². The van der Waals surface area contributed by atoms with Crippen LogP contribution >= 0.6 is 11.8 Å². The minimum absolute atomic E-state index is 0.165. The summed E-state index contributed by atoms with van der Waals surface area (Å²) in [5.41, 5.74) is 2.92. The van der Waals surface area contributed by atoms with Gasteiger partial charge in [0.25, 0.3) is 0 Å². The van der Waals surface area contributed by atoms with E-state index in [0.29, 0.717) is 22.2 Å². The first-order chi connectivity index (χ1) is 14.7. The van der Waals surface area contributed by atoms with Crippen molar-refractivity contribution in [1.29, 1.82) is 5.26 Å². The molecule has 1 N–H and O–H groups in total. The fourth-order valence-corrected chi connectivity index (χ4v) is 3.56. The molecule has 2 aromatic carbocycles. The molecule has 0 unspecified atom stereocenters. The number of amides is 1. The number of rotatable bonds is 6. The molecular formula is C22H16N6OS. The Labute approximate surface area is 177 Å². The van der Waals surface area contributed by atoms with Gasteiger partial charge in [0.2, 0.25) is 5.91 Å². The van der Waals surface area contributed by atoms with E-state index >= 15 is 0 Å². The van der Waals surface area contributed by atoms with E-state index in [9.17, 15) is 4.79 Å². The Kier molecular flexibility index (Phi) is 5.83. The van der Waals surface area contributed by atoms with Crippen molar-refractivity contribution in [3.8, 4) is 23.1 Å². The van der Waals surface area contributed by atoms with Crippen LogP contribution in [-0.2, 0) is 4.79 Å². The second kappa shape index (κ2) is 9.03. The Bertz CT molecular complexity index is 1180. The minimum atomic E-state index is -0.171. The van der Waals surface area contributed by atoms with Gasteiger partial charge in [0, 0.05) is 29.3 Å². The number of thioether (sulfide) groups is 1. The van der Waals surface area contributed by atoms with Crippen LogP contribution in [0.4, 0.5) is 5.69 Å². The molecule has 2 heterocycles. The van der Waals surface area contributed by atoms with Crippen LogP contribution in [0.5, 0.6) is 0 Å². The number of carbonyl (C=O) groups excluding carboxylic acids is 1. The smallest absolute Gasteiger partial charge is 0.234 e. The molecule has 4 aromatic rings. The van der Waals surface area contributed by atoms with Crippen LogP contribution in [0.25, 0.3) is 17.1 Å². The fourth-order valence-electron chi connectivity index (χ4n) is 2.81. The lowest BCUT2D eigenvalue weighted by Crippen LogP contribution is -2.14. The van der Waals surface area contributed by atoms with Gasteiger partial charge in [-0.15, -0.1) is 10.2 Å². The predicted molar refractivity (Wildman–Crippen MR) is 115 cm³/mol. The van der Waals surface area contributed by atoms with Crippen molar-refractivity contribution in [2.75, 3.05) is 11.1 Å². The van der Waals surface area contributed by atoms with Crippen molar-refractivity contribution in [2.45, 2.75) is 5.16 Å². The third-order valence-corrected chi connectivity index (χ3v) is 5.13. The number of para-hydroxylation sites is 1. The molecular weight excluding hydrogens is 396 g/mol. The molecule has 146 valence electrons. The number of nitriles is 1. The van der Waals surface area contributed by atoms with Crippen molar-refractivity contribution in [1.82, 2.24) is 19.7 Å². The van der Waals surface area contributed by atoms with Crippen LogP contribution < -0.4 is 5.32 Å². The normalized spacial score (nSPS) is 10.4. The van der Waals surface area contributed by atoms with Gasteiger partial charge in [-0.2, -0.15) is 5.26 Å². The Morgan fingerprint density at radius 1 is 1.03 bits per heavy atom. The van der Waals surface area contributed by atoms with Crippen molar-refractivity contribution >= 4 is 23.4 Å². The molecule has 0 aliphatic carbocycles. The number of anilines is 1. The zero-order valence-electron chi connectivity index (χ0n) is 15.8. The van der Waals surface area contributed by atoms with Gasteiger partial charge in [0.15, 0.2) is 11.0 Å². The van der Waals surface area contributed by atoms with Crippen molar-refractivity contribution in [3.05, 3.63) is 84.7 Å². The zero-order valence-corrected chi connectivity index (χ0v) is 16.6. The Morgan fingerprint density at radius 2 is 1.83 bits per heavy atom. The largest absolute Gasteiger partial charge is 0.325 e. The summed E-state index contributed by atoms with van der Waals surface area (Å²) < 4.78 is 1.91. The molecule has 4 rings (SSSR count). The summed E-state index contributed by atoms with van der Waals surface area (Å²) in [4.78, 5) is 16.6. The average Bonchev–Trinajstić information content (AvgIpc) is 3.23. The number of nitrogens with zero attached hydrogens (tertiary/aromatic N) is 5. The highest BCUT2D eigenvalue weighted by Gasteiger charge is 2.17. The highest BCUT2D eigenvalue weighted by molar-refractivity contribution is 7.99. The van der Waals surface area contributed by atoms with Gasteiger partial charge in [-0.3, -0.25) is 14.3 Å². The highest BCUT2D eigenvalue weighted by atomic mass is 32.2. The Hall–Kier alpha value is -3.96. The van der Waals surface area contributed by atoms with E-state index in [4.69, 9.17) is 5.26 Å². The third kappa shape index (κ3) is 4.37. The maximum absolute atomic E-state index is 12.4. The quantitative estimate of drug-likeness (QED) is 0.482. The molecule has 1 amide bonds. The second-order valence-electron chi connectivity index (χ2n) is 6.24. The minimum Gasteiger partial charge on any atom is -0.325 e. The zero-order chi connectivity index (χ0) is 20.8. The molecule has 0 aliphatic heterocycles. The van der Waals surface area contributed by atoms with E-state index in [0.717, 1.165) is 11.3 Å². The maximum Gasteiger partial charge on any atom is 0.234 e. The van der Waals surface area contributed by atoms with Crippen molar-refractivity contribution in [3.63, 3.8) is 0 Å². The van der Waals surface area contributed by atoms with Crippen LogP contribution in [0, 0.1) is 11.3 Å². The summed E-state index contributed by atoms with van der Waals surface area (Å²) in [7, 11) is 0. The second-order valence-corrected chi connectivity index (χ2v) is 7.19. The molecule has 30 heavy (non-hydrogen) atoms. The number of carbonyl (C=O) groups is 1. The number of hydrogen-bond acceptors (Lipinski definition) is 6. The first-order valence-corrected chi connectivity index (χ1v) is 10.1. The lowest BCUT2D eigenvalue weighted by Gasteiger charge is -2.10. The summed E-state index contributed by atoms with van der Waals surface area (Å²) in [6, 6.07) is 22.3. The Morgan fingerprint density at radius 3 is 2.53 bits per heavy atom. The topological polar surface area (TPSA) is 96.5 Å². The number of hydrogen-bond donors (Lipinski definition) is 1. The van der Waals surface area contributed by atoms with Crippen LogP contribution in [0.3, 0.4) is 0 Å². The van der Waals surface area contributed by atoms with E-state index < -0.39 is 0 Å². The molecule has 0 saturated carbocycles.